The molecule has 0 spiro atoms. The van der Waals surface area contributed by atoms with Crippen molar-refractivity contribution in [2.24, 2.45) is 5.92 Å². The number of rotatable bonds is 8. The number of ketones is 1. The molecular formula is C22H26ClFN4O3S. The number of Topliss-reactive ketones (excluding diaryl/α,β-unsaturated/α-hetero) is 1. The Bertz CT molecular complexity index is 1010. The van der Waals surface area contributed by atoms with Crippen molar-refractivity contribution in [3.63, 3.8) is 0 Å². The fraction of sp³-hybridized carbons (Fsp3) is 0.455. The van der Waals surface area contributed by atoms with Crippen molar-refractivity contribution < 1.29 is 19.1 Å². The first-order valence-corrected chi connectivity index (χ1v) is 11.0. The number of nitrogens with zero attached hydrogens (tertiary/aromatic N) is 4. The number of piperidine rings is 1. The van der Waals surface area contributed by atoms with E-state index in [1.165, 1.54) is 10.9 Å². The number of benzene rings is 1. The quantitative estimate of drug-likeness (QED) is 0.563. The molecule has 1 aliphatic heterocycles. The number of carboxylic acids is 1. The van der Waals surface area contributed by atoms with Gasteiger partial charge in [0.15, 0.2) is 5.78 Å². The van der Waals surface area contributed by atoms with Gasteiger partial charge in [-0.1, -0.05) is 18.2 Å². The second-order valence-corrected chi connectivity index (χ2v) is 8.73. The lowest BCUT2D eigenvalue weighted by Crippen LogP contribution is -2.42. The minimum atomic E-state index is -0.907. The van der Waals surface area contributed by atoms with Gasteiger partial charge < -0.3 is 5.11 Å². The van der Waals surface area contributed by atoms with Gasteiger partial charge >= 0.3 is 5.97 Å². The summed E-state index contributed by atoms with van der Waals surface area (Å²) < 4.78 is 14.6. The summed E-state index contributed by atoms with van der Waals surface area (Å²) in [5.41, 5.74) is 2.01. The van der Waals surface area contributed by atoms with Crippen LogP contribution >= 0.6 is 25.0 Å². The minimum Gasteiger partial charge on any atom is -0.481 e. The number of aliphatic carboxylic acids is 1. The van der Waals surface area contributed by atoms with Crippen LogP contribution in [0.1, 0.15) is 43.0 Å². The van der Waals surface area contributed by atoms with Crippen molar-refractivity contribution in [3.05, 3.63) is 53.1 Å². The van der Waals surface area contributed by atoms with Crippen LogP contribution in [-0.2, 0) is 16.1 Å². The van der Waals surface area contributed by atoms with Gasteiger partial charge in [-0.2, -0.15) is 27.6 Å². The van der Waals surface area contributed by atoms with Crippen LogP contribution in [0.5, 0.6) is 0 Å². The molecule has 1 saturated carbocycles. The van der Waals surface area contributed by atoms with Crippen LogP contribution in [0, 0.1) is 11.7 Å². The number of carbonyl (C=O) groups is 2. The third-order valence-electron chi connectivity index (χ3n) is 5.73. The lowest BCUT2D eigenvalue weighted by atomic mass is 9.93. The number of hydrogen-bond donors (Lipinski definition) is 2. The molecule has 2 unspecified atom stereocenters. The summed E-state index contributed by atoms with van der Waals surface area (Å²) in [4.78, 5) is 27.2. The molecule has 7 nitrogen and oxygen atoms in total. The van der Waals surface area contributed by atoms with Gasteiger partial charge in [0.25, 0.3) is 0 Å². The van der Waals surface area contributed by atoms with Gasteiger partial charge in [0.2, 0.25) is 0 Å². The van der Waals surface area contributed by atoms with E-state index in [4.69, 9.17) is 17.7 Å². The van der Waals surface area contributed by atoms with Crippen molar-refractivity contribution in [2.45, 2.75) is 43.5 Å². The first-order chi connectivity index (χ1) is 14.9. The van der Waals surface area contributed by atoms with E-state index in [1.54, 1.807) is 24.4 Å². The Morgan fingerprint density at radius 2 is 2.03 bits per heavy atom. The summed E-state index contributed by atoms with van der Waals surface area (Å²) in [6.07, 6.45) is 5.88. The Labute approximate surface area is 197 Å². The third-order valence-corrected chi connectivity index (χ3v) is 6.32. The van der Waals surface area contributed by atoms with E-state index in [1.807, 2.05) is 11.0 Å². The summed E-state index contributed by atoms with van der Waals surface area (Å²) in [6, 6.07) is 5.90. The van der Waals surface area contributed by atoms with Gasteiger partial charge in [0, 0.05) is 29.8 Å². The Morgan fingerprint density at radius 3 is 2.72 bits per heavy atom. The van der Waals surface area contributed by atoms with E-state index >= 15 is 0 Å². The molecule has 1 aromatic carbocycles. The molecule has 0 amide bonds. The first kappa shape index (κ1) is 24.4. The maximum absolute atomic E-state index is 14.6. The van der Waals surface area contributed by atoms with Crippen molar-refractivity contribution in [1.29, 1.82) is 0 Å². The molecule has 10 heteroatoms. The van der Waals surface area contributed by atoms with E-state index in [2.05, 4.69) is 10.2 Å². The van der Waals surface area contributed by atoms with E-state index in [0.29, 0.717) is 24.3 Å². The molecule has 0 radical (unpaired) electrons. The summed E-state index contributed by atoms with van der Waals surface area (Å²) >= 11 is 4.70. The summed E-state index contributed by atoms with van der Waals surface area (Å²) in [7, 11) is 0. The van der Waals surface area contributed by atoms with Crippen molar-refractivity contribution >= 4 is 42.9 Å². The average molecular weight is 481 g/mol. The zero-order valence-electron chi connectivity index (χ0n) is 17.4. The molecule has 1 aromatic heterocycles. The van der Waals surface area contributed by atoms with Crippen LogP contribution in [-0.4, -0.2) is 55.1 Å². The molecule has 1 N–H and O–H groups in total. The largest absolute Gasteiger partial charge is 0.481 e. The molecule has 2 fully saturated rings. The lowest BCUT2D eigenvalue weighted by molar-refractivity contribution is -0.137. The highest BCUT2D eigenvalue weighted by molar-refractivity contribution is 7.81. The van der Waals surface area contributed by atoms with E-state index < -0.39 is 12.0 Å². The van der Waals surface area contributed by atoms with E-state index in [0.717, 1.165) is 24.8 Å². The monoisotopic (exact) mass is 480 g/mol. The van der Waals surface area contributed by atoms with Crippen LogP contribution in [0.25, 0.3) is 6.08 Å². The van der Waals surface area contributed by atoms with Crippen molar-refractivity contribution in [2.75, 3.05) is 13.1 Å². The summed E-state index contributed by atoms with van der Waals surface area (Å²) in [6.45, 7) is 1.32. The second kappa shape index (κ2) is 10.6. The van der Waals surface area contributed by atoms with Crippen LogP contribution in [0.2, 0.25) is 0 Å². The van der Waals surface area contributed by atoms with Crippen molar-refractivity contribution in [3.8, 4) is 0 Å². The SMILES string of the molecule is Cl.O=C(O)CCn1ncc(/C=C2\CN(C(C(=O)C3CC3)c3ccccc3F)CCC2S)n1. The smallest absolute Gasteiger partial charge is 0.305 e. The van der Waals surface area contributed by atoms with Crippen molar-refractivity contribution in [1.82, 2.24) is 19.9 Å². The topological polar surface area (TPSA) is 88.3 Å². The molecular weight excluding hydrogens is 455 g/mol. The van der Waals surface area contributed by atoms with Gasteiger partial charge in [-0.3, -0.25) is 14.5 Å². The zero-order chi connectivity index (χ0) is 22.0. The number of aromatic nitrogens is 3. The zero-order valence-corrected chi connectivity index (χ0v) is 19.1. The highest BCUT2D eigenvalue weighted by Gasteiger charge is 2.40. The Morgan fingerprint density at radius 1 is 1.28 bits per heavy atom. The molecule has 2 atom stereocenters. The predicted molar refractivity (Wildman–Crippen MR) is 123 cm³/mol. The molecule has 1 saturated heterocycles. The lowest BCUT2D eigenvalue weighted by Gasteiger charge is -2.37. The van der Waals surface area contributed by atoms with Crippen LogP contribution in [0.15, 0.2) is 36.0 Å². The van der Waals surface area contributed by atoms with Gasteiger partial charge in [-0.15, -0.1) is 12.4 Å². The van der Waals surface area contributed by atoms with Crippen LogP contribution < -0.4 is 0 Å². The molecule has 32 heavy (non-hydrogen) atoms. The predicted octanol–water partition coefficient (Wildman–Crippen LogP) is 3.42. The average Bonchev–Trinajstić information content (AvgIpc) is 3.50. The van der Waals surface area contributed by atoms with Gasteiger partial charge in [-0.05, 0) is 37.0 Å². The molecule has 2 heterocycles. The van der Waals surface area contributed by atoms with Gasteiger partial charge in [-0.25, -0.2) is 4.39 Å². The Kier molecular flexibility index (Phi) is 8.08. The first-order valence-electron chi connectivity index (χ1n) is 10.4. The number of halogens is 2. The highest BCUT2D eigenvalue weighted by atomic mass is 35.5. The van der Waals surface area contributed by atoms with Crippen LogP contribution in [0.3, 0.4) is 0 Å². The molecule has 2 aliphatic rings. The van der Waals surface area contributed by atoms with E-state index in [9.17, 15) is 14.0 Å². The Hall–Kier alpha value is -2.23. The van der Waals surface area contributed by atoms with Crippen LogP contribution in [0.4, 0.5) is 4.39 Å². The normalized spacial score (nSPS) is 21.2. The molecule has 1 aliphatic carbocycles. The van der Waals surface area contributed by atoms with Gasteiger partial charge in [0.1, 0.15) is 11.5 Å². The number of hydrogen-bond acceptors (Lipinski definition) is 6. The summed E-state index contributed by atoms with van der Waals surface area (Å²) in [5.74, 6) is -1.17. The molecule has 2 aromatic rings. The second-order valence-electron chi connectivity index (χ2n) is 8.10. The number of aryl methyl sites for hydroxylation is 1. The Balaban J connectivity index is 0.00000289. The fourth-order valence-corrected chi connectivity index (χ4v) is 4.21. The minimum absolute atomic E-state index is 0. The van der Waals surface area contributed by atoms with E-state index in [-0.39, 0.29) is 48.1 Å². The molecule has 0 bridgehead atoms. The number of carboxylic acid groups (broad SMARTS) is 1. The molecule has 4 rings (SSSR count). The number of likely N-dealkylation sites (tertiary alicyclic amines) is 1. The number of carbonyl (C=O) groups excluding carboxylic acids is 1. The maximum Gasteiger partial charge on any atom is 0.305 e. The van der Waals surface area contributed by atoms with Gasteiger partial charge in [0.05, 0.1) is 25.2 Å². The fourth-order valence-electron chi connectivity index (χ4n) is 3.94. The standard InChI is InChI=1S/C22H25FN4O3S.ClH/c23-18-4-2-1-3-17(18)21(22(30)14-5-6-14)26-9-7-19(31)15(13-26)11-16-12-24-27(25-16)10-8-20(28)29;/h1-4,11-12,14,19,21,31H,5-10,13H2,(H,28,29);1H/b15-11+;. The number of thiol groups is 1. The molecule has 172 valence electrons. The third kappa shape index (κ3) is 5.76. The summed E-state index contributed by atoms with van der Waals surface area (Å²) in [5, 5.41) is 17.2. The maximum atomic E-state index is 14.6. The highest BCUT2D eigenvalue weighted by Crippen LogP contribution is 2.39.